The van der Waals surface area contributed by atoms with Crippen LogP contribution < -0.4 is 0 Å². The minimum atomic E-state index is -0.654. The number of ether oxygens (including phenoxy) is 2. The van der Waals surface area contributed by atoms with Gasteiger partial charge in [0.25, 0.3) is 0 Å². The van der Waals surface area contributed by atoms with Crippen molar-refractivity contribution in [2.45, 2.75) is 126 Å². The van der Waals surface area contributed by atoms with Crippen LogP contribution in [0.5, 0.6) is 0 Å². The fraction of sp³-hybridized carbons (Fsp3) is 0.853. The number of carbonyl (C=O) groups excluding carboxylic acids is 2. The van der Waals surface area contributed by atoms with Gasteiger partial charge in [-0.15, -0.1) is 0 Å². The maximum atomic E-state index is 12.4. The molecule has 5 aliphatic carbocycles. The summed E-state index contributed by atoms with van der Waals surface area (Å²) in [6, 6.07) is 0. The molecule has 0 aromatic rings. The maximum Gasteiger partial charge on any atom is 0.309 e. The molecule has 10 unspecified atom stereocenters. The van der Waals surface area contributed by atoms with E-state index < -0.39 is 16.8 Å². The molecule has 1 N–H and O–H groups in total. The van der Waals surface area contributed by atoms with Crippen molar-refractivity contribution >= 4 is 17.9 Å². The third kappa shape index (κ3) is 4.04. The van der Waals surface area contributed by atoms with Crippen LogP contribution in [0.4, 0.5) is 0 Å². The Morgan fingerprint density at radius 3 is 2.17 bits per heavy atom. The van der Waals surface area contributed by atoms with Crippen LogP contribution in [0.3, 0.4) is 0 Å². The summed E-state index contributed by atoms with van der Waals surface area (Å²) in [6.07, 6.45) is 12.0. The third-order valence-electron chi connectivity index (χ3n) is 14.0. The average Bonchev–Trinajstić information content (AvgIpc) is 2.86. The molecule has 0 saturated heterocycles. The molecule has 5 rings (SSSR count). The van der Waals surface area contributed by atoms with Crippen molar-refractivity contribution in [3.8, 4) is 0 Å². The Bertz CT molecular complexity index is 1130. The molecule has 5 aliphatic rings. The van der Waals surface area contributed by atoms with Crippen molar-refractivity contribution in [3.05, 3.63) is 11.6 Å². The summed E-state index contributed by atoms with van der Waals surface area (Å²) in [5, 5.41) is 10.2. The van der Waals surface area contributed by atoms with Gasteiger partial charge in [0.05, 0.1) is 5.41 Å². The first kappa shape index (κ1) is 29.6. The molecule has 6 nitrogen and oxygen atoms in total. The molecule has 0 radical (unpaired) electrons. The largest absolute Gasteiger partial charge is 0.481 e. The highest BCUT2D eigenvalue weighted by Gasteiger charge is 2.69. The second-order valence-corrected chi connectivity index (χ2v) is 16.0. The van der Waals surface area contributed by atoms with Gasteiger partial charge < -0.3 is 14.6 Å². The van der Waals surface area contributed by atoms with Crippen LogP contribution in [-0.4, -0.2) is 35.7 Å². The zero-order chi connectivity index (χ0) is 29.5. The van der Waals surface area contributed by atoms with Crippen LogP contribution in [0, 0.1) is 50.2 Å². The molecule has 4 saturated carbocycles. The molecule has 40 heavy (non-hydrogen) atoms. The predicted molar refractivity (Wildman–Crippen MR) is 153 cm³/mol. The molecule has 0 aliphatic heterocycles. The SMILES string of the molecule is CC(=O)OCC1(C)C(OC(C)=O)CCC2(C)C1CCC1(C)C2CC=C2C3CC(C)(C(=O)O)CCC3(C)CCC21C. The number of aliphatic carboxylic acids is 1. The monoisotopic (exact) mass is 556 g/mol. The quantitative estimate of drug-likeness (QED) is 0.288. The van der Waals surface area contributed by atoms with E-state index in [-0.39, 0.29) is 52.2 Å². The summed E-state index contributed by atoms with van der Waals surface area (Å²) in [7, 11) is 0. The molecule has 4 fully saturated rings. The molecule has 0 amide bonds. The van der Waals surface area contributed by atoms with E-state index in [1.54, 1.807) is 5.57 Å². The van der Waals surface area contributed by atoms with Crippen molar-refractivity contribution in [3.63, 3.8) is 0 Å². The zero-order valence-electron chi connectivity index (χ0n) is 26.2. The number of allylic oxidation sites excluding steroid dienone is 2. The van der Waals surface area contributed by atoms with E-state index in [9.17, 15) is 19.5 Å². The van der Waals surface area contributed by atoms with E-state index in [4.69, 9.17) is 9.47 Å². The van der Waals surface area contributed by atoms with E-state index in [0.717, 1.165) is 64.2 Å². The van der Waals surface area contributed by atoms with Gasteiger partial charge in [0.2, 0.25) is 0 Å². The molecular formula is C34H52O6. The number of hydrogen-bond acceptors (Lipinski definition) is 5. The molecule has 0 aromatic heterocycles. The molecule has 0 spiro atoms. The highest BCUT2D eigenvalue weighted by molar-refractivity contribution is 5.74. The van der Waals surface area contributed by atoms with Gasteiger partial charge in [0, 0.05) is 19.3 Å². The molecule has 0 bridgehead atoms. The number of carbonyl (C=O) groups is 3. The average molecular weight is 557 g/mol. The van der Waals surface area contributed by atoms with Crippen molar-refractivity contribution in [1.82, 2.24) is 0 Å². The summed E-state index contributed by atoms with van der Waals surface area (Å²) < 4.78 is 11.6. The van der Waals surface area contributed by atoms with Crippen LogP contribution in [0.25, 0.3) is 0 Å². The zero-order valence-corrected chi connectivity index (χ0v) is 26.2. The first-order valence-corrected chi connectivity index (χ1v) is 15.7. The van der Waals surface area contributed by atoms with Gasteiger partial charge in [-0.1, -0.05) is 46.3 Å². The molecule has 10 atom stereocenters. The number of fused-ring (bicyclic) bond motifs is 7. The summed E-state index contributed by atoms with van der Waals surface area (Å²) in [5.41, 5.74) is 0.779. The van der Waals surface area contributed by atoms with Gasteiger partial charge in [-0.2, -0.15) is 0 Å². The summed E-state index contributed by atoms with van der Waals surface area (Å²) in [6.45, 7) is 17.3. The highest BCUT2D eigenvalue weighted by atomic mass is 16.6. The van der Waals surface area contributed by atoms with Crippen LogP contribution in [-0.2, 0) is 23.9 Å². The van der Waals surface area contributed by atoms with E-state index in [0.29, 0.717) is 11.8 Å². The van der Waals surface area contributed by atoms with Crippen molar-refractivity contribution in [1.29, 1.82) is 0 Å². The maximum absolute atomic E-state index is 12.4. The lowest BCUT2D eigenvalue weighted by Gasteiger charge is -2.71. The molecular weight excluding hydrogens is 504 g/mol. The van der Waals surface area contributed by atoms with E-state index in [1.807, 2.05) is 6.92 Å². The molecule has 6 heteroatoms. The van der Waals surface area contributed by atoms with E-state index in [1.165, 1.54) is 13.8 Å². The first-order chi connectivity index (χ1) is 18.5. The summed E-state index contributed by atoms with van der Waals surface area (Å²) in [4.78, 5) is 36.4. The molecule has 224 valence electrons. The Balaban J connectivity index is 1.54. The second kappa shape index (κ2) is 9.33. The van der Waals surface area contributed by atoms with E-state index >= 15 is 0 Å². The van der Waals surface area contributed by atoms with Gasteiger partial charge in [0.15, 0.2) is 0 Å². The number of carboxylic acid groups (broad SMARTS) is 1. The predicted octanol–water partition coefficient (Wildman–Crippen LogP) is 7.35. The first-order valence-electron chi connectivity index (χ1n) is 15.7. The van der Waals surface area contributed by atoms with Crippen LogP contribution in [0.2, 0.25) is 0 Å². The van der Waals surface area contributed by atoms with Crippen molar-refractivity contribution in [2.24, 2.45) is 50.2 Å². The smallest absolute Gasteiger partial charge is 0.309 e. The minimum Gasteiger partial charge on any atom is -0.481 e. The highest BCUT2D eigenvalue weighted by Crippen LogP contribution is 2.75. The second-order valence-electron chi connectivity index (χ2n) is 16.0. The Morgan fingerprint density at radius 1 is 0.875 bits per heavy atom. The van der Waals surface area contributed by atoms with Crippen LogP contribution in [0.1, 0.15) is 120 Å². The number of hydrogen-bond donors (Lipinski definition) is 1. The normalized spacial score (nSPS) is 49.8. The summed E-state index contributed by atoms with van der Waals surface area (Å²) in [5.74, 6) is -0.161. The minimum absolute atomic E-state index is 0.0203. The fourth-order valence-electron chi connectivity index (χ4n) is 11.2. The Hall–Kier alpha value is -1.85. The van der Waals surface area contributed by atoms with Crippen LogP contribution in [0.15, 0.2) is 11.6 Å². The fourth-order valence-corrected chi connectivity index (χ4v) is 11.2. The topological polar surface area (TPSA) is 89.9 Å². The van der Waals surface area contributed by atoms with E-state index in [2.05, 4.69) is 40.7 Å². The number of rotatable bonds is 4. The lowest BCUT2D eigenvalue weighted by Crippen LogP contribution is -2.66. The van der Waals surface area contributed by atoms with Gasteiger partial charge >= 0.3 is 17.9 Å². The summed E-state index contributed by atoms with van der Waals surface area (Å²) >= 11 is 0. The van der Waals surface area contributed by atoms with Gasteiger partial charge in [0.1, 0.15) is 12.7 Å². The standard InChI is InChI=1S/C34H52O6/c1-21(35)39-20-32(6)25-11-14-34(8)26(31(25,5)13-12-27(32)40-22(2)36)10-9-23-24-19-30(4,28(37)38)16-15-29(24,3)17-18-33(23,34)7/h9,24-27H,10-20H2,1-8H3,(H,37,38). The molecule has 0 aromatic carbocycles. The lowest BCUT2D eigenvalue weighted by molar-refractivity contribution is -0.226. The number of carboxylic acids is 1. The van der Waals surface area contributed by atoms with Gasteiger partial charge in [-0.3, -0.25) is 14.4 Å². The number of esters is 2. The van der Waals surface area contributed by atoms with Gasteiger partial charge in [-0.05, 0) is 111 Å². The Labute approximate surface area is 241 Å². The van der Waals surface area contributed by atoms with Crippen LogP contribution >= 0.6 is 0 Å². The molecule has 0 heterocycles. The van der Waals surface area contributed by atoms with Crippen molar-refractivity contribution in [2.75, 3.05) is 6.61 Å². The third-order valence-corrected chi connectivity index (χ3v) is 14.0. The van der Waals surface area contributed by atoms with Gasteiger partial charge in [-0.25, -0.2) is 0 Å². The lowest BCUT2D eigenvalue weighted by atomic mass is 9.33. The Morgan fingerprint density at radius 2 is 1.55 bits per heavy atom. The van der Waals surface area contributed by atoms with Crippen molar-refractivity contribution < 1.29 is 29.0 Å². The Kier molecular flexibility index (Phi) is 6.91.